The highest BCUT2D eigenvalue weighted by molar-refractivity contribution is 6.62. The molecule has 5 nitrogen and oxygen atoms in total. The molecule has 29 heavy (non-hydrogen) atoms. The summed E-state index contributed by atoms with van der Waals surface area (Å²) in [4.78, 5) is 14.5. The van der Waals surface area contributed by atoms with Crippen LogP contribution in [0.25, 0.3) is 0 Å². The summed E-state index contributed by atoms with van der Waals surface area (Å²) in [5, 5.41) is 0. The molecule has 0 unspecified atom stereocenters. The van der Waals surface area contributed by atoms with Gasteiger partial charge in [-0.1, -0.05) is 42.5 Å². The maximum Gasteiger partial charge on any atom is 0.494 e. The summed E-state index contributed by atoms with van der Waals surface area (Å²) < 4.78 is 18.0. The van der Waals surface area contributed by atoms with Gasteiger partial charge < -0.3 is 18.9 Å². The van der Waals surface area contributed by atoms with Crippen molar-refractivity contribution in [1.29, 1.82) is 0 Å². The van der Waals surface area contributed by atoms with Gasteiger partial charge in [-0.15, -0.1) is 0 Å². The van der Waals surface area contributed by atoms with Gasteiger partial charge in [-0.25, -0.2) is 4.79 Å². The molecule has 1 heterocycles. The number of carbonyl (C=O) groups is 1. The Balaban J connectivity index is 1.75. The largest absolute Gasteiger partial charge is 0.494 e. The Bertz CT molecular complexity index is 850. The van der Waals surface area contributed by atoms with Crippen LogP contribution in [0.2, 0.25) is 0 Å². The molecule has 2 aromatic rings. The predicted molar refractivity (Wildman–Crippen MR) is 115 cm³/mol. The highest BCUT2D eigenvalue weighted by Crippen LogP contribution is 2.36. The zero-order chi connectivity index (χ0) is 21.2. The monoisotopic (exact) mass is 395 g/mol. The van der Waals surface area contributed by atoms with E-state index in [1.54, 1.807) is 4.90 Å². The van der Waals surface area contributed by atoms with Crippen molar-refractivity contribution in [2.75, 3.05) is 6.54 Å². The Morgan fingerprint density at radius 2 is 1.66 bits per heavy atom. The molecule has 3 rings (SSSR count). The number of hydrogen-bond acceptors (Lipinski definition) is 4. The van der Waals surface area contributed by atoms with Crippen LogP contribution in [0.15, 0.2) is 48.5 Å². The molecule has 6 heteroatoms. The van der Waals surface area contributed by atoms with Gasteiger partial charge in [-0.2, -0.15) is 0 Å². The lowest BCUT2D eigenvalue weighted by molar-refractivity contribution is 0.00578. The molecule has 0 atom stereocenters. The number of carbonyl (C=O) groups excluding carboxylic acids is 1. The summed E-state index contributed by atoms with van der Waals surface area (Å²) in [6, 6.07) is 15.6. The maximum absolute atomic E-state index is 12.8. The molecular weight excluding hydrogens is 365 g/mol. The Morgan fingerprint density at radius 1 is 1.03 bits per heavy atom. The molecule has 0 bridgehead atoms. The van der Waals surface area contributed by atoms with Gasteiger partial charge in [0.25, 0.3) is 0 Å². The standard InChI is InChI=1S/C23H30BNO4/c1-7-25(16-18-11-9-8-10-12-18)21(26)27-20-15-19(14-13-17(20)2)24-28-22(3,4)23(5,6)29-24/h8-15H,7,16H2,1-6H3. The van der Waals surface area contributed by atoms with Crippen LogP contribution in [0.1, 0.15) is 45.7 Å². The fourth-order valence-electron chi connectivity index (χ4n) is 3.12. The van der Waals surface area contributed by atoms with Crippen LogP contribution in [0.4, 0.5) is 4.79 Å². The van der Waals surface area contributed by atoms with E-state index in [4.69, 9.17) is 14.0 Å². The molecule has 0 aliphatic carbocycles. The number of nitrogens with zero attached hydrogens (tertiary/aromatic N) is 1. The fraction of sp³-hybridized carbons (Fsp3) is 0.435. The Kier molecular flexibility index (Phi) is 6.06. The minimum atomic E-state index is -0.496. The summed E-state index contributed by atoms with van der Waals surface area (Å²) >= 11 is 0. The van der Waals surface area contributed by atoms with Crippen molar-refractivity contribution in [3.05, 3.63) is 59.7 Å². The first-order chi connectivity index (χ1) is 13.6. The maximum atomic E-state index is 12.8. The molecule has 1 aliphatic rings. The summed E-state index contributed by atoms with van der Waals surface area (Å²) in [5.74, 6) is 0.522. The SMILES string of the molecule is CCN(Cc1ccccc1)C(=O)Oc1cc(B2OC(C)(C)C(C)(C)O2)ccc1C. The molecule has 0 N–H and O–H groups in total. The highest BCUT2D eigenvalue weighted by Gasteiger charge is 2.51. The van der Waals surface area contributed by atoms with Gasteiger partial charge in [-0.05, 0) is 64.2 Å². The second-order valence-electron chi connectivity index (χ2n) is 8.48. The normalized spacial score (nSPS) is 17.2. The van der Waals surface area contributed by atoms with E-state index >= 15 is 0 Å². The van der Waals surface area contributed by atoms with E-state index in [2.05, 4.69) is 0 Å². The number of amides is 1. The number of rotatable bonds is 5. The van der Waals surface area contributed by atoms with Crippen molar-refractivity contribution in [3.63, 3.8) is 0 Å². The van der Waals surface area contributed by atoms with Crippen molar-refractivity contribution in [1.82, 2.24) is 4.90 Å². The minimum absolute atomic E-state index is 0.370. The summed E-state index contributed by atoms with van der Waals surface area (Å²) in [5.41, 5.74) is 1.94. The van der Waals surface area contributed by atoms with Crippen LogP contribution in [-0.4, -0.2) is 35.9 Å². The minimum Gasteiger partial charge on any atom is -0.410 e. The number of benzene rings is 2. The van der Waals surface area contributed by atoms with Gasteiger partial charge in [0.2, 0.25) is 0 Å². The van der Waals surface area contributed by atoms with E-state index in [1.807, 2.05) is 90.1 Å². The van der Waals surface area contributed by atoms with E-state index in [0.717, 1.165) is 16.6 Å². The van der Waals surface area contributed by atoms with Crippen LogP contribution in [0.3, 0.4) is 0 Å². The molecule has 0 aromatic heterocycles. The molecule has 1 fully saturated rings. The lowest BCUT2D eigenvalue weighted by atomic mass is 9.78. The molecule has 154 valence electrons. The molecule has 0 spiro atoms. The van der Waals surface area contributed by atoms with Crippen LogP contribution < -0.4 is 10.2 Å². The Labute approximate surface area is 174 Å². The zero-order valence-corrected chi connectivity index (χ0v) is 18.2. The van der Waals surface area contributed by atoms with Crippen LogP contribution in [0, 0.1) is 6.92 Å². The van der Waals surface area contributed by atoms with Gasteiger partial charge in [0, 0.05) is 13.1 Å². The third-order valence-corrected chi connectivity index (χ3v) is 5.79. The molecule has 1 saturated heterocycles. The van der Waals surface area contributed by atoms with Crippen molar-refractivity contribution in [3.8, 4) is 5.75 Å². The van der Waals surface area contributed by atoms with E-state index in [1.165, 1.54) is 0 Å². The first kappa shape index (κ1) is 21.4. The Hall–Kier alpha value is -2.31. The van der Waals surface area contributed by atoms with E-state index in [-0.39, 0.29) is 6.09 Å². The third-order valence-electron chi connectivity index (χ3n) is 5.79. The number of hydrogen-bond donors (Lipinski definition) is 0. The van der Waals surface area contributed by atoms with Crippen LogP contribution in [0.5, 0.6) is 5.75 Å². The fourth-order valence-corrected chi connectivity index (χ4v) is 3.12. The van der Waals surface area contributed by atoms with E-state index < -0.39 is 18.3 Å². The average Bonchev–Trinajstić information content (AvgIpc) is 2.89. The first-order valence-electron chi connectivity index (χ1n) is 10.1. The van der Waals surface area contributed by atoms with Crippen LogP contribution >= 0.6 is 0 Å². The second kappa shape index (κ2) is 8.21. The first-order valence-corrected chi connectivity index (χ1v) is 10.1. The zero-order valence-electron chi connectivity index (χ0n) is 18.2. The molecule has 1 amide bonds. The average molecular weight is 395 g/mol. The van der Waals surface area contributed by atoms with E-state index in [0.29, 0.717) is 18.8 Å². The molecule has 2 aromatic carbocycles. The smallest absolute Gasteiger partial charge is 0.410 e. The lowest BCUT2D eigenvalue weighted by Crippen LogP contribution is -2.41. The van der Waals surface area contributed by atoms with Gasteiger partial charge in [0.1, 0.15) is 5.75 Å². The summed E-state index contributed by atoms with van der Waals surface area (Å²) in [6.07, 6.45) is -0.370. The molecule has 0 radical (unpaired) electrons. The van der Waals surface area contributed by atoms with Crippen molar-refractivity contribution >= 4 is 18.7 Å². The van der Waals surface area contributed by atoms with Gasteiger partial charge in [-0.3, -0.25) is 0 Å². The number of aryl methyl sites for hydroxylation is 1. The number of ether oxygens (including phenoxy) is 1. The van der Waals surface area contributed by atoms with Gasteiger partial charge in [0.15, 0.2) is 0 Å². The van der Waals surface area contributed by atoms with E-state index in [9.17, 15) is 4.79 Å². The third kappa shape index (κ3) is 4.65. The highest BCUT2D eigenvalue weighted by atomic mass is 16.7. The molecule has 1 aliphatic heterocycles. The predicted octanol–water partition coefficient (Wildman–Crippen LogP) is 4.32. The molecular formula is C23H30BNO4. The lowest BCUT2D eigenvalue weighted by Gasteiger charge is -2.32. The second-order valence-corrected chi connectivity index (χ2v) is 8.48. The van der Waals surface area contributed by atoms with Gasteiger partial charge >= 0.3 is 13.2 Å². The van der Waals surface area contributed by atoms with Crippen molar-refractivity contribution in [2.45, 2.75) is 59.3 Å². The summed E-state index contributed by atoms with van der Waals surface area (Å²) in [6.45, 7) is 13.0. The Morgan fingerprint density at radius 3 is 2.24 bits per heavy atom. The van der Waals surface area contributed by atoms with Crippen LogP contribution in [-0.2, 0) is 15.9 Å². The topological polar surface area (TPSA) is 48.0 Å². The van der Waals surface area contributed by atoms with Gasteiger partial charge in [0.05, 0.1) is 11.2 Å². The van der Waals surface area contributed by atoms with Crippen molar-refractivity contribution < 1.29 is 18.8 Å². The summed E-state index contributed by atoms with van der Waals surface area (Å²) in [7, 11) is -0.496. The molecule has 0 saturated carbocycles. The van der Waals surface area contributed by atoms with Crippen molar-refractivity contribution in [2.24, 2.45) is 0 Å². The quantitative estimate of drug-likeness (QED) is 0.708.